The lowest BCUT2D eigenvalue weighted by molar-refractivity contribution is -0.131. The Labute approximate surface area is 123 Å². The quantitative estimate of drug-likeness (QED) is 0.850. The van der Waals surface area contributed by atoms with Crippen LogP contribution in [0.1, 0.15) is 25.8 Å². The first-order valence-electron chi connectivity index (χ1n) is 5.70. The van der Waals surface area contributed by atoms with Gasteiger partial charge in [-0.25, -0.2) is 9.78 Å². The van der Waals surface area contributed by atoms with E-state index in [-0.39, 0.29) is 5.91 Å². The second-order valence-corrected chi connectivity index (χ2v) is 6.17. The number of aromatic nitrogens is 1. The molecule has 0 saturated heterocycles. The molecule has 0 aliphatic rings. The molecule has 7 heteroatoms. The minimum atomic E-state index is -1.02. The second kappa shape index (κ2) is 5.98. The lowest BCUT2D eigenvalue weighted by Gasteiger charge is -1.97. The molecule has 2 aromatic heterocycles. The Morgan fingerprint density at radius 3 is 2.75 bits per heavy atom. The van der Waals surface area contributed by atoms with Gasteiger partial charge in [0.25, 0.3) is 5.91 Å². The standard InChI is InChI=1S/C13H12N2O3S2/c1-7-8(2)20-13(14-7)15-12(18)9-5-10(19-6-9)3-4-11(16)17/h3-6H,1-2H3,(H,16,17)(H,14,15,18). The molecule has 0 fully saturated rings. The van der Waals surface area contributed by atoms with E-state index in [2.05, 4.69) is 10.3 Å². The molecule has 2 N–H and O–H groups in total. The van der Waals surface area contributed by atoms with Crippen LogP contribution in [-0.4, -0.2) is 22.0 Å². The average molecular weight is 308 g/mol. The van der Waals surface area contributed by atoms with E-state index in [0.29, 0.717) is 15.6 Å². The second-order valence-electron chi connectivity index (χ2n) is 4.02. The molecule has 0 saturated carbocycles. The summed E-state index contributed by atoms with van der Waals surface area (Å²) in [4.78, 5) is 28.4. The van der Waals surface area contributed by atoms with Crippen molar-refractivity contribution >= 4 is 45.8 Å². The summed E-state index contributed by atoms with van der Waals surface area (Å²) in [6.07, 6.45) is 2.50. The van der Waals surface area contributed by atoms with Gasteiger partial charge in [0.2, 0.25) is 0 Å². The van der Waals surface area contributed by atoms with Crippen LogP contribution in [0.15, 0.2) is 17.5 Å². The Bertz CT molecular complexity index is 666. The van der Waals surface area contributed by atoms with Gasteiger partial charge in [-0.1, -0.05) is 0 Å². The molecule has 0 spiro atoms. The highest BCUT2D eigenvalue weighted by Crippen LogP contribution is 2.23. The van der Waals surface area contributed by atoms with Crippen molar-refractivity contribution in [2.75, 3.05) is 5.32 Å². The molecule has 0 bridgehead atoms. The molecule has 0 atom stereocenters. The fourth-order valence-corrected chi connectivity index (χ4v) is 3.00. The largest absolute Gasteiger partial charge is 0.478 e. The molecule has 0 radical (unpaired) electrons. The first-order valence-corrected chi connectivity index (χ1v) is 7.40. The van der Waals surface area contributed by atoms with E-state index >= 15 is 0 Å². The third kappa shape index (κ3) is 3.52. The van der Waals surface area contributed by atoms with Crippen LogP contribution < -0.4 is 5.32 Å². The number of aryl methyl sites for hydroxylation is 2. The maximum atomic E-state index is 12.0. The lowest BCUT2D eigenvalue weighted by atomic mass is 10.3. The zero-order chi connectivity index (χ0) is 14.7. The van der Waals surface area contributed by atoms with Gasteiger partial charge < -0.3 is 5.11 Å². The average Bonchev–Trinajstić information content (AvgIpc) is 2.95. The molecule has 104 valence electrons. The van der Waals surface area contributed by atoms with Crippen molar-refractivity contribution in [3.8, 4) is 0 Å². The number of carbonyl (C=O) groups excluding carboxylic acids is 1. The van der Waals surface area contributed by atoms with Crippen molar-refractivity contribution in [2.45, 2.75) is 13.8 Å². The number of carboxylic acids is 1. The number of carbonyl (C=O) groups is 2. The van der Waals surface area contributed by atoms with Gasteiger partial charge in [0, 0.05) is 21.2 Å². The van der Waals surface area contributed by atoms with E-state index in [9.17, 15) is 9.59 Å². The highest BCUT2D eigenvalue weighted by Gasteiger charge is 2.11. The number of anilines is 1. The molecule has 0 aromatic carbocycles. The summed E-state index contributed by atoms with van der Waals surface area (Å²) in [5.74, 6) is -1.26. The molecule has 0 aliphatic carbocycles. The van der Waals surface area contributed by atoms with Gasteiger partial charge >= 0.3 is 5.97 Å². The zero-order valence-corrected chi connectivity index (χ0v) is 12.5. The summed E-state index contributed by atoms with van der Waals surface area (Å²) in [5.41, 5.74) is 1.39. The lowest BCUT2D eigenvalue weighted by Crippen LogP contribution is -2.10. The van der Waals surface area contributed by atoms with Gasteiger partial charge in [-0.2, -0.15) is 0 Å². The van der Waals surface area contributed by atoms with Crippen LogP contribution in [0.25, 0.3) is 6.08 Å². The SMILES string of the molecule is Cc1nc(NC(=O)c2csc(C=CC(=O)O)c2)sc1C. The summed E-state index contributed by atoms with van der Waals surface area (Å²) in [5, 5.41) is 13.5. The molecular formula is C13H12N2O3S2. The Hall–Kier alpha value is -1.99. The van der Waals surface area contributed by atoms with Gasteiger partial charge in [-0.3, -0.25) is 10.1 Å². The van der Waals surface area contributed by atoms with Gasteiger partial charge in [0.15, 0.2) is 5.13 Å². The molecule has 2 rings (SSSR count). The van der Waals surface area contributed by atoms with Crippen molar-refractivity contribution in [3.63, 3.8) is 0 Å². The third-order valence-electron chi connectivity index (χ3n) is 2.52. The number of nitrogens with zero attached hydrogens (tertiary/aromatic N) is 1. The van der Waals surface area contributed by atoms with Crippen molar-refractivity contribution in [1.29, 1.82) is 0 Å². The van der Waals surface area contributed by atoms with Crippen LogP contribution in [-0.2, 0) is 4.79 Å². The highest BCUT2D eigenvalue weighted by molar-refractivity contribution is 7.15. The van der Waals surface area contributed by atoms with Crippen molar-refractivity contribution in [1.82, 2.24) is 4.98 Å². The molecule has 0 aliphatic heterocycles. The summed E-state index contributed by atoms with van der Waals surface area (Å²) in [6, 6.07) is 1.65. The molecule has 1 amide bonds. The Balaban J connectivity index is 2.08. The topological polar surface area (TPSA) is 79.3 Å². The summed E-state index contributed by atoms with van der Waals surface area (Å²) < 4.78 is 0. The Morgan fingerprint density at radius 1 is 1.40 bits per heavy atom. The van der Waals surface area contributed by atoms with E-state index in [4.69, 9.17) is 5.11 Å². The number of nitrogens with one attached hydrogen (secondary N) is 1. The predicted octanol–water partition coefficient (Wildman–Crippen LogP) is 3.17. The number of thiazole rings is 1. The van der Waals surface area contributed by atoms with Crippen molar-refractivity contribution in [2.24, 2.45) is 0 Å². The maximum absolute atomic E-state index is 12.0. The van der Waals surface area contributed by atoms with Gasteiger partial charge in [0.1, 0.15) is 0 Å². The first kappa shape index (κ1) is 14.4. The van der Waals surface area contributed by atoms with Gasteiger partial charge in [-0.15, -0.1) is 22.7 Å². The van der Waals surface area contributed by atoms with E-state index in [1.165, 1.54) is 28.7 Å². The van der Waals surface area contributed by atoms with Crippen LogP contribution >= 0.6 is 22.7 Å². The molecule has 20 heavy (non-hydrogen) atoms. The van der Waals surface area contributed by atoms with E-state index < -0.39 is 5.97 Å². The van der Waals surface area contributed by atoms with E-state index in [0.717, 1.165) is 16.6 Å². The normalized spacial score (nSPS) is 10.9. The molecule has 2 heterocycles. The summed E-state index contributed by atoms with van der Waals surface area (Å²) >= 11 is 2.74. The number of hydrogen-bond acceptors (Lipinski definition) is 5. The molecule has 2 aromatic rings. The fourth-order valence-electron chi connectivity index (χ4n) is 1.41. The summed E-state index contributed by atoms with van der Waals surface area (Å²) in [7, 11) is 0. The number of amides is 1. The minimum absolute atomic E-state index is 0.245. The first-order chi connectivity index (χ1) is 9.45. The van der Waals surface area contributed by atoms with E-state index in [1.54, 1.807) is 11.4 Å². The van der Waals surface area contributed by atoms with Gasteiger partial charge in [-0.05, 0) is 26.0 Å². The highest BCUT2D eigenvalue weighted by atomic mass is 32.1. The summed E-state index contributed by atoms with van der Waals surface area (Å²) in [6.45, 7) is 3.84. The van der Waals surface area contributed by atoms with Gasteiger partial charge in [0.05, 0.1) is 11.3 Å². The molecular weight excluding hydrogens is 296 g/mol. The van der Waals surface area contributed by atoms with E-state index in [1.807, 2.05) is 13.8 Å². The third-order valence-corrected chi connectivity index (χ3v) is 4.41. The van der Waals surface area contributed by atoms with Crippen LogP contribution in [0.4, 0.5) is 5.13 Å². The van der Waals surface area contributed by atoms with Crippen molar-refractivity contribution in [3.05, 3.63) is 38.5 Å². The van der Waals surface area contributed by atoms with Crippen LogP contribution in [0.2, 0.25) is 0 Å². The van der Waals surface area contributed by atoms with Crippen LogP contribution in [0, 0.1) is 13.8 Å². The number of rotatable bonds is 4. The van der Waals surface area contributed by atoms with Crippen LogP contribution in [0.3, 0.4) is 0 Å². The Kier molecular flexibility index (Phi) is 4.31. The molecule has 5 nitrogen and oxygen atoms in total. The minimum Gasteiger partial charge on any atom is -0.478 e. The van der Waals surface area contributed by atoms with Crippen molar-refractivity contribution < 1.29 is 14.7 Å². The Morgan fingerprint density at radius 2 is 2.15 bits per heavy atom. The monoisotopic (exact) mass is 308 g/mol. The number of hydrogen-bond donors (Lipinski definition) is 2. The number of carboxylic acid groups (broad SMARTS) is 1. The maximum Gasteiger partial charge on any atom is 0.328 e. The predicted molar refractivity (Wildman–Crippen MR) is 80.5 cm³/mol. The van der Waals surface area contributed by atoms with Crippen LogP contribution in [0.5, 0.6) is 0 Å². The number of aliphatic carboxylic acids is 1. The zero-order valence-electron chi connectivity index (χ0n) is 10.8. The molecule has 0 unspecified atom stereocenters. The fraction of sp³-hybridized carbons (Fsp3) is 0.154. The number of thiophene rings is 1. The smallest absolute Gasteiger partial charge is 0.328 e.